The fraction of sp³-hybridized carbons (Fsp3) is 0.409. The van der Waals surface area contributed by atoms with Crippen molar-refractivity contribution < 1.29 is 13.2 Å². The van der Waals surface area contributed by atoms with Crippen LogP contribution in [0, 0.1) is 0 Å². The standard InChI is InChI=1S/C22H28N2O3S/c1-22(18-11-5-3-6-12-18,19-13-7-4-8-14-19)17-23-21(25)20-15-9-10-16-24(20)28(2,26)27/h3-8,11-14,20H,9-10,15-17H2,1-2H3,(H,23,25). The van der Waals surface area contributed by atoms with Crippen LogP contribution in [0.25, 0.3) is 0 Å². The van der Waals surface area contributed by atoms with Gasteiger partial charge in [0.25, 0.3) is 0 Å². The highest BCUT2D eigenvalue weighted by atomic mass is 32.2. The van der Waals surface area contributed by atoms with Crippen molar-refractivity contribution >= 4 is 15.9 Å². The molecule has 2 aromatic rings. The zero-order valence-electron chi connectivity index (χ0n) is 16.5. The maximum absolute atomic E-state index is 12.9. The van der Waals surface area contributed by atoms with E-state index in [1.54, 1.807) is 0 Å². The van der Waals surface area contributed by atoms with Gasteiger partial charge in [0.2, 0.25) is 15.9 Å². The number of piperidine rings is 1. The highest BCUT2D eigenvalue weighted by Crippen LogP contribution is 2.31. The minimum Gasteiger partial charge on any atom is -0.353 e. The summed E-state index contributed by atoms with van der Waals surface area (Å²) in [5.74, 6) is -0.219. The average molecular weight is 401 g/mol. The Morgan fingerprint density at radius 3 is 2.07 bits per heavy atom. The first-order valence-electron chi connectivity index (χ1n) is 9.68. The Morgan fingerprint density at radius 2 is 1.57 bits per heavy atom. The SMILES string of the molecule is CC(CNC(=O)C1CCCCN1S(C)(=O)=O)(c1ccccc1)c1ccccc1. The molecule has 0 aromatic heterocycles. The van der Waals surface area contributed by atoms with Crippen LogP contribution in [-0.2, 0) is 20.2 Å². The molecular formula is C22H28N2O3S. The number of benzene rings is 2. The predicted octanol–water partition coefficient (Wildman–Crippen LogP) is 2.92. The average Bonchev–Trinajstić information content (AvgIpc) is 2.72. The van der Waals surface area contributed by atoms with Crippen LogP contribution in [0.3, 0.4) is 0 Å². The van der Waals surface area contributed by atoms with E-state index in [0.717, 1.165) is 24.0 Å². The second-order valence-electron chi connectivity index (χ2n) is 7.67. The van der Waals surface area contributed by atoms with Gasteiger partial charge in [-0.05, 0) is 30.9 Å². The zero-order valence-corrected chi connectivity index (χ0v) is 17.3. The summed E-state index contributed by atoms with van der Waals surface area (Å²) in [4.78, 5) is 12.9. The van der Waals surface area contributed by atoms with Gasteiger partial charge in [0.1, 0.15) is 6.04 Å². The van der Waals surface area contributed by atoms with Crippen LogP contribution >= 0.6 is 0 Å². The number of carbonyl (C=O) groups excluding carboxylic acids is 1. The minimum absolute atomic E-state index is 0.219. The largest absolute Gasteiger partial charge is 0.353 e. The molecule has 1 N–H and O–H groups in total. The first-order valence-corrected chi connectivity index (χ1v) is 11.5. The third kappa shape index (κ3) is 4.45. The molecule has 1 aliphatic heterocycles. The maximum atomic E-state index is 12.9. The number of sulfonamides is 1. The monoisotopic (exact) mass is 400 g/mol. The Bertz CT molecular complexity index is 858. The zero-order chi connectivity index (χ0) is 20.2. The fourth-order valence-electron chi connectivity index (χ4n) is 3.93. The van der Waals surface area contributed by atoms with Crippen molar-refractivity contribution in [3.63, 3.8) is 0 Å². The lowest BCUT2D eigenvalue weighted by molar-refractivity contribution is -0.125. The van der Waals surface area contributed by atoms with Crippen LogP contribution in [0.1, 0.15) is 37.3 Å². The molecular weight excluding hydrogens is 372 g/mol. The number of nitrogens with zero attached hydrogens (tertiary/aromatic N) is 1. The van der Waals surface area contributed by atoms with Crippen LogP contribution in [-0.4, -0.2) is 44.0 Å². The maximum Gasteiger partial charge on any atom is 0.238 e. The van der Waals surface area contributed by atoms with Gasteiger partial charge in [-0.3, -0.25) is 4.79 Å². The lowest BCUT2D eigenvalue weighted by atomic mass is 9.76. The molecule has 3 rings (SSSR count). The van der Waals surface area contributed by atoms with E-state index in [-0.39, 0.29) is 5.91 Å². The lowest BCUT2D eigenvalue weighted by Gasteiger charge is -2.35. The summed E-state index contributed by atoms with van der Waals surface area (Å²) < 4.78 is 25.5. The Kier molecular flexibility index (Phi) is 6.20. The quantitative estimate of drug-likeness (QED) is 0.811. The molecule has 1 saturated heterocycles. The molecule has 0 bridgehead atoms. The van der Waals surface area contributed by atoms with Gasteiger partial charge in [-0.25, -0.2) is 8.42 Å². The van der Waals surface area contributed by atoms with Crippen LogP contribution in [0.5, 0.6) is 0 Å². The molecule has 6 heteroatoms. The fourth-order valence-corrected chi connectivity index (χ4v) is 5.05. The van der Waals surface area contributed by atoms with Crippen LogP contribution in [0.2, 0.25) is 0 Å². The van der Waals surface area contributed by atoms with Gasteiger partial charge < -0.3 is 5.32 Å². The number of hydrogen-bond donors (Lipinski definition) is 1. The molecule has 150 valence electrons. The highest BCUT2D eigenvalue weighted by molar-refractivity contribution is 7.88. The van der Waals surface area contributed by atoms with E-state index in [1.165, 1.54) is 10.6 Å². The van der Waals surface area contributed by atoms with E-state index < -0.39 is 21.5 Å². The smallest absolute Gasteiger partial charge is 0.238 e. The van der Waals surface area contributed by atoms with Gasteiger partial charge in [0.05, 0.1) is 6.26 Å². The molecule has 1 aliphatic rings. The Labute approximate surface area is 167 Å². The number of carbonyl (C=O) groups is 1. The van der Waals surface area contributed by atoms with E-state index in [4.69, 9.17) is 0 Å². The van der Waals surface area contributed by atoms with Crippen molar-refractivity contribution in [2.24, 2.45) is 0 Å². The van der Waals surface area contributed by atoms with Crippen molar-refractivity contribution in [2.75, 3.05) is 19.3 Å². The van der Waals surface area contributed by atoms with E-state index in [1.807, 2.05) is 36.4 Å². The molecule has 2 aromatic carbocycles. The predicted molar refractivity (Wildman–Crippen MR) is 112 cm³/mol. The van der Waals surface area contributed by atoms with Gasteiger partial charge >= 0.3 is 0 Å². The summed E-state index contributed by atoms with van der Waals surface area (Å²) in [7, 11) is -3.41. The number of amides is 1. The molecule has 5 nitrogen and oxygen atoms in total. The molecule has 0 spiro atoms. The van der Waals surface area contributed by atoms with Gasteiger partial charge in [-0.15, -0.1) is 0 Å². The lowest BCUT2D eigenvalue weighted by Crippen LogP contribution is -2.53. The number of rotatable bonds is 6. The van der Waals surface area contributed by atoms with E-state index in [2.05, 4.69) is 36.5 Å². The van der Waals surface area contributed by atoms with Gasteiger partial charge in [-0.2, -0.15) is 4.31 Å². The van der Waals surface area contributed by atoms with Crippen molar-refractivity contribution in [1.29, 1.82) is 0 Å². The molecule has 0 saturated carbocycles. The molecule has 0 aliphatic carbocycles. The first kappa shape index (κ1) is 20.6. The molecule has 1 unspecified atom stereocenters. The van der Waals surface area contributed by atoms with Crippen LogP contribution in [0.15, 0.2) is 60.7 Å². The van der Waals surface area contributed by atoms with E-state index >= 15 is 0 Å². The summed E-state index contributed by atoms with van der Waals surface area (Å²) >= 11 is 0. The summed E-state index contributed by atoms with van der Waals surface area (Å²) in [6, 6.07) is 19.5. The number of hydrogen-bond acceptors (Lipinski definition) is 3. The van der Waals surface area contributed by atoms with E-state index in [9.17, 15) is 13.2 Å². The van der Waals surface area contributed by atoms with Crippen molar-refractivity contribution in [2.45, 2.75) is 37.6 Å². The number of nitrogens with one attached hydrogen (secondary N) is 1. The molecule has 1 heterocycles. The Hall–Kier alpha value is -2.18. The molecule has 1 atom stereocenters. The normalized spacial score (nSPS) is 18.6. The summed E-state index contributed by atoms with van der Waals surface area (Å²) in [6.07, 6.45) is 3.39. The van der Waals surface area contributed by atoms with Gasteiger partial charge in [0.15, 0.2) is 0 Å². The second kappa shape index (κ2) is 8.45. The minimum atomic E-state index is -3.41. The molecule has 1 fully saturated rings. The van der Waals surface area contributed by atoms with Crippen LogP contribution < -0.4 is 5.32 Å². The Balaban J connectivity index is 1.83. The summed E-state index contributed by atoms with van der Waals surface area (Å²) in [6.45, 7) is 2.91. The molecule has 28 heavy (non-hydrogen) atoms. The van der Waals surface area contributed by atoms with Crippen molar-refractivity contribution in [3.05, 3.63) is 71.8 Å². The summed E-state index contributed by atoms with van der Waals surface area (Å²) in [5.41, 5.74) is 1.79. The highest BCUT2D eigenvalue weighted by Gasteiger charge is 2.36. The van der Waals surface area contributed by atoms with E-state index in [0.29, 0.717) is 19.5 Å². The first-order chi connectivity index (χ1) is 13.3. The third-order valence-corrected chi connectivity index (χ3v) is 6.91. The van der Waals surface area contributed by atoms with Gasteiger partial charge in [-0.1, -0.05) is 67.1 Å². The second-order valence-corrected chi connectivity index (χ2v) is 9.60. The van der Waals surface area contributed by atoms with Crippen LogP contribution in [0.4, 0.5) is 0 Å². The molecule has 1 amide bonds. The van der Waals surface area contributed by atoms with Crippen molar-refractivity contribution in [1.82, 2.24) is 9.62 Å². The van der Waals surface area contributed by atoms with Gasteiger partial charge in [0, 0.05) is 18.5 Å². The van der Waals surface area contributed by atoms with Crippen molar-refractivity contribution in [3.8, 4) is 0 Å². The topological polar surface area (TPSA) is 66.5 Å². The molecule has 0 radical (unpaired) electrons. The third-order valence-electron chi connectivity index (χ3n) is 5.62. The summed E-state index contributed by atoms with van der Waals surface area (Å²) in [5, 5.41) is 3.05. The Morgan fingerprint density at radius 1 is 1.04 bits per heavy atom.